The van der Waals surface area contributed by atoms with Gasteiger partial charge in [-0.15, -0.1) is 0 Å². The van der Waals surface area contributed by atoms with Crippen LogP contribution in [0.3, 0.4) is 0 Å². The number of carbonyl (C=O) groups is 11. The molecule has 1 unspecified atom stereocenters. The molecule has 0 fully saturated rings. The number of esters is 11. The minimum Gasteiger partial charge on any atom is -0.466 e. The summed E-state index contributed by atoms with van der Waals surface area (Å²) in [7, 11) is 0. The zero-order valence-corrected chi connectivity index (χ0v) is 55.4. The molecule has 1 N–H and O–H groups in total. The standard InChI is InChI=1S/C67H114O23/c1-5-34-56(69)80-44-25-7-16-35-57(70)81-45-26-8-17-36-58(71)82-46-27-9-18-37-59(72)83-47-28-10-19-38-60(73)84-48-29-11-20-39-61(74)85-49-30-12-21-40-62(75)86-50-31-13-22-41-63(76)87-51-32-14-23-42-64(77)88-52-33-15-24-43-65(78)89-53-55(68)54-90-66(79)67(3,4)6-2/h55,68H,5-54H2,1-4H3. The third-order valence-corrected chi connectivity index (χ3v) is 14.3. The number of hydrogen-bond donors (Lipinski definition) is 1. The summed E-state index contributed by atoms with van der Waals surface area (Å²) in [5.74, 6) is -3.32. The van der Waals surface area contributed by atoms with Crippen molar-refractivity contribution < 1.29 is 110 Å². The lowest BCUT2D eigenvalue weighted by molar-refractivity contribution is -0.160. The fourth-order valence-electron chi connectivity index (χ4n) is 8.28. The van der Waals surface area contributed by atoms with Gasteiger partial charge in [0.2, 0.25) is 0 Å². The topological polar surface area (TPSA) is 310 Å². The van der Waals surface area contributed by atoms with E-state index in [1.54, 1.807) is 13.8 Å². The summed E-state index contributed by atoms with van der Waals surface area (Å²) in [5.41, 5.74) is -0.649. The summed E-state index contributed by atoms with van der Waals surface area (Å²) in [4.78, 5) is 132. The van der Waals surface area contributed by atoms with E-state index in [1.165, 1.54) is 0 Å². The number of unbranched alkanes of at least 4 members (excludes halogenated alkanes) is 18. The van der Waals surface area contributed by atoms with E-state index in [0.717, 1.165) is 38.5 Å². The Labute approximate surface area is 536 Å². The second-order valence-corrected chi connectivity index (χ2v) is 23.2. The molecule has 0 aromatic carbocycles. The Bertz CT molecular complexity index is 1950. The van der Waals surface area contributed by atoms with Crippen molar-refractivity contribution in [2.24, 2.45) is 5.41 Å². The van der Waals surface area contributed by atoms with Crippen molar-refractivity contribution in [3.63, 3.8) is 0 Å². The van der Waals surface area contributed by atoms with Crippen molar-refractivity contribution in [1.29, 1.82) is 0 Å². The Morgan fingerprint density at radius 1 is 0.256 bits per heavy atom. The Balaban J connectivity index is 3.55. The van der Waals surface area contributed by atoms with Crippen molar-refractivity contribution in [3.05, 3.63) is 0 Å². The molecule has 1 atom stereocenters. The minimum absolute atomic E-state index is 0.158. The van der Waals surface area contributed by atoms with E-state index < -0.39 is 23.5 Å². The van der Waals surface area contributed by atoms with Crippen LogP contribution < -0.4 is 0 Å². The van der Waals surface area contributed by atoms with Gasteiger partial charge in [0.05, 0.1) is 64.9 Å². The van der Waals surface area contributed by atoms with Gasteiger partial charge in [0.25, 0.3) is 0 Å². The van der Waals surface area contributed by atoms with Crippen LogP contribution >= 0.6 is 0 Å². The van der Waals surface area contributed by atoms with Gasteiger partial charge < -0.3 is 57.2 Å². The van der Waals surface area contributed by atoms with E-state index in [2.05, 4.69) is 0 Å². The van der Waals surface area contributed by atoms with Crippen molar-refractivity contribution >= 4 is 65.7 Å². The summed E-state index contributed by atoms with van der Waals surface area (Å²) in [6.07, 6.45) is 21.0. The highest BCUT2D eigenvalue weighted by Crippen LogP contribution is 2.22. The van der Waals surface area contributed by atoms with Gasteiger partial charge in [0, 0.05) is 64.2 Å². The molecule has 0 spiro atoms. The van der Waals surface area contributed by atoms with E-state index >= 15 is 0 Å². The fourth-order valence-corrected chi connectivity index (χ4v) is 8.28. The molecular formula is C67H114O23. The maximum atomic E-state index is 12.1. The molecular weight excluding hydrogens is 1170 g/mol. The maximum absolute atomic E-state index is 12.1. The van der Waals surface area contributed by atoms with Crippen LogP contribution in [-0.2, 0) is 105 Å². The smallest absolute Gasteiger partial charge is 0.311 e. The highest BCUT2D eigenvalue weighted by molar-refractivity contribution is 5.76. The zero-order valence-electron chi connectivity index (χ0n) is 55.4. The molecule has 0 saturated heterocycles. The van der Waals surface area contributed by atoms with Gasteiger partial charge in [0.15, 0.2) is 0 Å². The quantitative estimate of drug-likeness (QED) is 0.0336. The molecule has 0 saturated carbocycles. The van der Waals surface area contributed by atoms with E-state index in [9.17, 15) is 57.8 Å². The van der Waals surface area contributed by atoms with Gasteiger partial charge in [-0.3, -0.25) is 52.7 Å². The number of hydrogen-bond acceptors (Lipinski definition) is 23. The van der Waals surface area contributed by atoms with Crippen LogP contribution in [0.2, 0.25) is 0 Å². The van der Waals surface area contributed by atoms with Crippen molar-refractivity contribution in [3.8, 4) is 0 Å². The normalized spacial score (nSPS) is 11.4. The largest absolute Gasteiger partial charge is 0.466 e. The van der Waals surface area contributed by atoms with Crippen molar-refractivity contribution in [1.82, 2.24) is 0 Å². The molecule has 0 amide bonds. The lowest BCUT2D eigenvalue weighted by Gasteiger charge is -2.21. The van der Waals surface area contributed by atoms with E-state index in [1.807, 2.05) is 13.8 Å². The van der Waals surface area contributed by atoms with Gasteiger partial charge in [-0.25, -0.2) is 0 Å². The van der Waals surface area contributed by atoms with Crippen molar-refractivity contribution in [2.45, 2.75) is 284 Å². The van der Waals surface area contributed by atoms with Crippen LogP contribution in [-0.4, -0.2) is 150 Å². The van der Waals surface area contributed by atoms with E-state index in [4.69, 9.17) is 52.1 Å². The fraction of sp³-hybridized carbons (Fsp3) is 0.836. The Morgan fingerprint density at radius 2 is 0.433 bits per heavy atom. The number of carbonyl (C=O) groups excluding carboxylic acids is 11. The third-order valence-electron chi connectivity index (χ3n) is 14.3. The maximum Gasteiger partial charge on any atom is 0.311 e. The molecule has 0 aromatic rings. The Kier molecular flexibility index (Phi) is 55.6. The third kappa shape index (κ3) is 57.3. The molecule has 0 aliphatic carbocycles. The van der Waals surface area contributed by atoms with Crippen LogP contribution in [0.25, 0.3) is 0 Å². The van der Waals surface area contributed by atoms with Crippen molar-refractivity contribution in [2.75, 3.05) is 72.7 Å². The number of aliphatic hydroxyl groups excluding tert-OH is 1. The summed E-state index contributed by atoms with van der Waals surface area (Å²) in [5, 5.41) is 9.93. The van der Waals surface area contributed by atoms with Gasteiger partial charge in [-0.2, -0.15) is 0 Å². The zero-order chi connectivity index (χ0) is 66.6. The highest BCUT2D eigenvalue weighted by Gasteiger charge is 2.28. The predicted molar refractivity (Wildman–Crippen MR) is 332 cm³/mol. The molecule has 0 aliphatic rings. The summed E-state index contributed by atoms with van der Waals surface area (Å²) in [6.45, 7) is 9.43. The highest BCUT2D eigenvalue weighted by atomic mass is 16.6. The first-order valence-electron chi connectivity index (χ1n) is 33.8. The van der Waals surface area contributed by atoms with Crippen LogP contribution in [0.1, 0.15) is 278 Å². The van der Waals surface area contributed by atoms with Gasteiger partial charge >= 0.3 is 65.7 Å². The summed E-state index contributed by atoms with van der Waals surface area (Å²) in [6, 6.07) is 0. The van der Waals surface area contributed by atoms with Crippen LogP contribution in [0, 0.1) is 5.41 Å². The molecule has 0 aliphatic heterocycles. The SMILES string of the molecule is CCCC(=O)OCCCCCC(=O)OCCCCCC(=O)OCCCCCC(=O)OCCCCCC(=O)OCCCCCC(=O)OCCCCCC(=O)OCCCCCC(=O)OCCCCCC(=O)OCCCCCC(=O)OCC(O)COC(=O)C(C)(C)CC. The first kappa shape index (κ1) is 84.1. The molecule has 520 valence electrons. The molecule has 0 aromatic heterocycles. The Morgan fingerprint density at radius 3 is 0.622 bits per heavy atom. The Hall–Kier alpha value is -5.87. The average Bonchev–Trinajstić information content (AvgIpc) is 3.58. The molecule has 23 heteroatoms. The first-order valence-corrected chi connectivity index (χ1v) is 33.8. The molecule has 0 bridgehead atoms. The summed E-state index contributed by atoms with van der Waals surface area (Å²) < 4.78 is 57.5. The molecule has 0 radical (unpaired) electrons. The van der Waals surface area contributed by atoms with Crippen LogP contribution in [0.15, 0.2) is 0 Å². The number of aliphatic hydroxyl groups is 1. The monoisotopic (exact) mass is 1290 g/mol. The van der Waals surface area contributed by atoms with Crippen LogP contribution in [0.4, 0.5) is 0 Å². The minimum atomic E-state index is -1.10. The molecule has 90 heavy (non-hydrogen) atoms. The second-order valence-electron chi connectivity index (χ2n) is 23.2. The van der Waals surface area contributed by atoms with Gasteiger partial charge in [0.1, 0.15) is 19.3 Å². The second kappa shape index (κ2) is 59.4. The average molecular weight is 1290 g/mol. The lowest BCUT2D eigenvalue weighted by Crippen LogP contribution is -2.31. The predicted octanol–water partition coefficient (Wildman–Crippen LogP) is 11.6. The molecule has 0 rings (SSSR count). The molecule has 23 nitrogen and oxygen atoms in total. The lowest BCUT2D eigenvalue weighted by atomic mass is 9.91. The van der Waals surface area contributed by atoms with Gasteiger partial charge in [-0.05, 0) is 200 Å². The summed E-state index contributed by atoms with van der Waals surface area (Å²) >= 11 is 0. The molecule has 0 heterocycles. The number of ether oxygens (including phenoxy) is 11. The van der Waals surface area contributed by atoms with E-state index in [-0.39, 0.29) is 152 Å². The number of rotatable bonds is 62. The van der Waals surface area contributed by atoms with Gasteiger partial charge in [-0.1, -0.05) is 13.8 Å². The first-order chi connectivity index (χ1) is 43.4. The van der Waals surface area contributed by atoms with Crippen LogP contribution in [0.5, 0.6) is 0 Å². The van der Waals surface area contributed by atoms with E-state index in [0.29, 0.717) is 187 Å².